The zero-order valence-electron chi connectivity index (χ0n) is 17.0. The summed E-state index contributed by atoms with van der Waals surface area (Å²) in [4.78, 5) is 26.8. The summed E-state index contributed by atoms with van der Waals surface area (Å²) in [5.74, 6) is 0.0791. The third-order valence-electron chi connectivity index (χ3n) is 4.38. The van der Waals surface area contributed by atoms with Gasteiger partial charge >= 0.3 is 0 Å². The highest BCUT2D eigenvalue weighted by Gasteiger charge is 2.26. The molecule has 156 valence electrons. The normalized spacial score (nSPS) is 11.4. The molecule has 2 aromatic carbocycles. The van der Waals surface area contributed by atoms with E-state index in [1.54, 1.807) is 14.0 Å². The van der Waals surface area contributed by atoms with E-state index in [1.807, 2.05) is 31.2 Å². The molecule has 2 aromatic rings. The standard InChI is InChI=1S/C22H27FN2O4/c1-4-12-24-22(27)16(2)25(14-17-6-5-7-20(13-17)28-3)21(26)15-29-19-10-8-18(23)9-11-19/h5-11,13,16H,4,12,14-15H2,1-3H3,(H,24,27)/t16-/m0/s1. The summed E-state index contributed by atoms with van der Waals surface area (Å²) in [6, 6.07) is 12.1. The minimum Gasteiger partial charge on any atom is -0.497 e. The quantitative estimate of drug-likeness (QED) is 0.663. The number of nitrogens with zero attached hydrogens (tertiary/aromatic N) is 1. The van der Waals surface area contributed by atoms with Crippen LogP contribution in [-0.4, -0.2) is 43.0 Å². The van der Waals surface area contributed by atoms with Crippen LogP contribution in [0.15, 0.2) is 48.5 Å². The average Bonchev–Trinajstić information content (AvgIpc) is 2.74. The van der Waals surface area contributed by atoms with E-state index in [-0.39, 0.29) is 30.8 Å². The van der Waals surface area contributed by atoms with Crippen LogP contribution in [0.2, 0.25) is 0 Å². The summed E-state index contributed by atoms with van der Waals surface area (Å²) >= 11 is 0. The number of methoxy groups -OCH3 is 1. The molecule has 1 atom stereocenters. The Hall–Kier alpha value is -3.09. The van der Waals surface area contributed by atoms with Crippen LogP contribution in [0.3, 0.4) is 0 Å². The van der Waals surface area contributed by atoms with Crippen LogP contribution < -0.4 is 14.8 Å². The van der Waals surface area contributed by atoms with Crippen LogP contribution in [0, 0.1) is 5.82 Å². The molecule has 0 aliphatic rings. The van der Waals surface area contributed by atoms with Gasteiger partial charge in [0.2, 0.25) is 5.91 Å². The Morgan fingerprint density at radius 1 is 1.14 bits per heavy atom. The molecule has 0 aliphatic heterocycles. The average molecular weight is 402 g/mol. The summed E-state index contributed by atoms with van der Waals surface area (Å²) < 4.78 is 23.7. The number of carbonyl (C=O) groups excluding carboxylic acids is 2. The molecule has 0 fully saturated rings. The van der Waals surface area contributed by atoms with Crippen LogP contribution >= 0.6 is 0 Å². The van der Waals surface area contributed by atoms with Crippen LogP contribution in [0.25, 0.3) is 0 Å². The second-order valence-electron chi connectivity index (χ2n) is 6.58. The third-order valence-corrected chi connectivity index (χ3v) is 4.38. The van der Waals surface area contributed by atoms with Gasteiger partial charge in [-0.05, 0) is 55.3 Å². The van der Waals surface area contributed by atoms with Crippen LogP contribution in [0.4, 0.5) is 4.39 Å². The Kier molecular flexibility index (Phi) is 8.45. The number of benzene rings is 2. The Bertz CT molecular complexity index is 811. The first-order valence-electron chi connectivity index (χ1n) is 9.53. The maximum atomic E-state index is 13.0. The van der Waals surface area contributed by atoms with E-state index < -0.39 is 6.04 Å². The zero-order chi connectivity index (χ0) is 21.2. The van der Waals surface area contributed by atoms with Crippen molar-refractivity contribution >= 4 is 11.8 Å². The van der Waals surface area contributed by atoms with Crippen molar-refractivity contribution in [3.63, 3.8) is 0 Å². The molecule has 0 saturated carbocycles. The lowest BCUT2D eigenvalue weighted by Gasteiger charge is -2.28. The van der Waals surface area contributed by atoms with Crippen molar-refractivity contribution in [1.29, 1.82) is 0 Å². The van der Waals surface area contributed by atoms with Crippen molar-refractivity contribution in [1.82, 2.24) is 10.2 Å². The molecular formula is C22H27FN2O4. The highest BCUT2D eigenvalue weighted by Crippen LogP contribution is 2.17. The molecule has 0 heterocycles. The minimum atomic E-state index is -0.683. The monoisotopic (exact) mass is 402 g/mol. The van der Waals surface area contributed by atoms with Gasteiger partial charge in [0.15, 0.2) is 6.61 Å². The smallest absolute Gasteiger partial charge is 0.261 e. The van der Waals surface area contributed by atoms with Gasteiger partial charge in [-0.3, -0.25) is 9.59 Å². The summed E-state index contributed by atoms with van der Waals surface area (Å²) in [6.45, 7) is 4.14. The predicted molar refractivity (Wildman–Crippen MR) is 108 cm³/mol. The summed E-state index contributed by atoms with van der Waals surface area (Å²) in [5.41, 5.74) is 0.828. The highest BCUT2D eigenvalue weighted by molar-refractivity contribution is 5.87. The Morgan fingerprint density at radius 2 is 1.86 bits per heavy atom. The fraction of sp³-hybridized carbons (Fsp3) is 0.364. The molecule has 6 nitrogen and oxygen atoms in total. The lowest BCUT2D eigenvalue weighted by atomic mass is 10.1. The van der Waals surface area contributed by atoms with Gasteiger partial charge in [-0.1, -0.05) is 19.1 Å². The number of hydrogen-bond acceptors (Lipinski definition) is 4. The van der Waals surface area contributed by atoms with Gasteiger partial charge in [0, 0.05) is 13.1 Å². The topological polar surface area (TPSA) is 67.9 Å². The zero-order valence-corrected chi connectivity index (χ0v) is 17.0. The maximum absolute atomic E-state index is 13.0. The number of carbonyl (C=O) groups is 2. The predicted octanol–water partition coefficient (Wildman–Crippen LogP) is 3.16. The van der Waals surface area contributed by atoms with Crippen LogP contribution in [0.1, 0.15) is 25.8 Å². The van der Waals surface area contributed by atoms with Crippen molar-refractivity contribution in [2.45, 2.75) is 32.9 Å². The molecule has 7 heteroatoms. The van der Waals surface area contributed by atoms with Crippen molar-refractivity contribution < 1.29 is 23.5 Å². The highest BCUT2D eigenvalue weighted by atomic mass is 19.1. The van der Waals surface area contributed by atoms with E-state index in [4.69, 9.17) is 9.47 Å². The maximum Gasteiger partial charge on any atom is 0.261 e. The van der Waals surface area contributed by atoms with Crippen molar-refractivity contribution in [3.8, 4) is 11.5 Å². The largest absolute Gasteiger partial charge is 0.497 e. The first-order valence-corrected chi connectivity index (χ1v) is 9.53. The molecule has 2 amide bonds. The molecule has 0 radical (unpaired) electrons. The van der Waals surface area contributed by atoms with E-state index in [2.05, 4.69) is 5.32 Å². The van der Waals surface area contributed by atoms with Crippen molar-refractivity contribution in [2.75, 3.05) is 20.3 Å². The summed E-state index contributed by atoms with van der Waals surface area (Å²) in [7, 11) is 1.57. The van der Waals surface area contributed by atoms with Crippen LogP contribution in [-0.2, 0) is 16.1 Å². The number of ether oxygens (including phenoxy) is 2. The lowest BCUT2D eigenvalue weighted by Crippen LogP contribution is -2.49. The molecule has 1 N–H and O–H groups in total. The van der Waals surface area contributed by atoms with Crippen molar-refractivity contribution in [3.05, 3.63) is 59.9 Å². The molecule has 0 saturated heterocycles. The summed E-state index contributed by atoms with van der Waals surface area (Å²) in [6.07, 6.45) is 0.802. The molecule has 0 aliphatic carbocycles. The van der Waals surface area contributed by atoms with Gasteiger partial charge in [0.25, 0.3) is 5.91 Å². The number of nitrogens with one attached hydrogen (secondary N) is 1. The van der Waals surface area contributed by atoms with E-state index in [0.29, 0.717) is 18.0 Å². The Morgan fingerprint density at radius 3 is 2.52 bits per heavy atom. The SMILES string of the molecule is CCCNC(=O)[C@H](C)N(Cc1cccc(OC)c1)C(=O)COc1ccc(F)cc1. The molecule has 0 aromatic heterocycles. The molecule has 0 bridgehead atoms. The van der Waals surface area contributed by atoms with Gasteiger partial charge in [-0.15, -0.1) is 0 Å². The summed E-state index contributed by atoms with van der Waals surface area (Å²) in [5, 5.41) is 2.82. The molecular weight excluding hydrogens is 375 g/mol. The van der Waals surface area contributed by atoms with Gasteiger partial charge in [0.05, 0.1) is 7.11 Å². The van der Waals surface area contributed by atoms with Crippen molar-refractivity contribution in [2.24, 2.45) is 0 Å². The van der Waals surface area contributed by atoms with Gasteiger partial charge in [-0.2, -0.15) is 0 Å². The first-order chi connectivity index (χ1) is 13.9. The number of halogens is 1. The van der Waals surface area contributed by atoms with E-state index >= 15 is 0 Å². The molecule has 29 heavy (non-hydrogen) atoms. The second-order valence-corrected chi connectivity index (χ2v) is 6.58. The number of rotatable bonds is 10. The lowest BCUT2D eigenvalue weighted by molar-refractivity contribution is -0.142. The third kappa shape index (κ3) is 6.78. The van der Waals surface area contributed by atoms with Crippen LogP contribution in [0.5, 0.6) is 11.5 Å². The Balaban J connectivity index is 2.14. The fourth-order valence-electron chi connectivity index (χ4n) is 2.70. The minimum absolute atomic E-state index is 0.226. The van der Waals surface area contributed by atoms with Gasteiger partial charge in [0.1, 0.15) is 23.4 Å². The Labute approximate surface area is 170 Å². The molecule has 0 spiro atoms. The molecule has 2 rings (SSSR count). The van der Waals surface area contributed by atoms with E-state index in [1.165, 1.54) is 29.2 Å². The molecule has 0 unspecified atom stereocenters. The first kappa shape index (κ1) is 22.2. The number of amides is 2. The van der Waals surface area contributed by atoms with E-state index in [9.17, 15) is 14.0 Å². The van der Waals surface area contributed by atoms with Gasteiger partial charge < -0.3 is 19.7 Å². The fourth-order valence-corrected chi connectivity index (χ4v) is 2.70. The van der Waals surface area contributed by atoms with Gasteiger partial charge in [-0.25, -0.2) is 4.39 Å². The number of hydrogen-bond donors (Lipinski definition) is 1. The second kappa shape index (κ2) is 11.0. The van der Waals surface area contributed by atoms with E-state index in [0.717, 1.165) is 12.0 Å².